The second-order valence-corrected chi connectivity index (χ2v) is 19.5. The number of ketones is 1. The lowest BCUT2D eigenvalue weighted by molar-refractivity contribution is -0.214. The van der Waals surface area contributed by atoms with Crippen LogP contribution in [0.4, 0.5) is 0 Å². The number of carboxylic acid groups (broad SMARTS) is 1. The third-order valence-corrected chi connectivity index (χ3v) is 15.9. The van der Waals surface area contributed by atoms with Crippen LogP contribution < -0.4 is 0 Å². The fraction of sp³-hybridized carbons (Fsp3) is 0.829. The molecule has 6 rings (SSSR count). The molecular weight excluding hydrogens is 632 g/mol. The number of ether oxygens (including phenoxy) is 1. The molecule has 4 saturated carbocycles. The van der Waals surface area contributed by atoms with Crippen LogP contribution in [0, 0.1) is 56.2 Å². The Morgan fingerprint density at radius 2 is 1.62 bits per heavy atom. The molecule has 1 N–H and O–H groups in total. The van der Waals surface area contributed by atoms with Crippen molar-refractivity contribution in [3.05, 3.63) is 11.1 Å². The van der Waals surface area contributed by atoms with Gasteiger partial charge in [0.15, 0.2) is 0 Å². The van der Waals surface area contributed by atoms with Crippen LogP contribution in [-0.4, -0.2) is 77.2 Å². The van der Waals surface area contributed by atoms with Crippen LogP contribution in [0.15, 0.2) is 11.1 Å². The number of esters is 1. The number of piperazine rings is 1. The predicted molar refractivity (Wildman–Crippen MR) is 190 cm³/mol. The van der Waals surface area contributed by atoms with E-state index in [1.807, 2.05) is 0 Å². The summed E-state index contributed by atoms with van der Waals surface area (Å²) in [7, 11) is 1.79. The molecular formula is C41H62N2O7. The molecule has 0 spiro atoms. The SMILES string of the molecule is CC(C)C1C(=O)C[C@]2(C(=O)N3CCN(C)C(=O)C3)CC[C@]3(C)C(=C12)CC[C@@H]1[C@@]2(C)CC[C@H](OC(=O)CC(C)(C)C(=O)O)C(C)(C)[C@@H]2CC[C@]13C. The fourth-order valence-electron chi connectivity index (χ4n) is 12.8. The highest BCUT2D eigenvalue weighted by Crippen LogP contribution is 2.76. The Hall–Kier alpha value is -2.71. The van der Waals surface area contributed by atoms with Gasteiger partial charge < -0.3 is 19.6 Å². The van der Waals surface area contributed by atoms with Crippen molar-refractivity contribution in [3.63, 3.8) is 0 Å². The molecule has 9 heteroatoms. The van der Waals surface area contributed by atoms with Crippen molar-refractivity contribution in [2.45, 2.75) is 133 Å². The van der Waals surface area contributed by atoms with Gasteiger partial charge in [0, 0.05) is 37.9 Å². The van der Waals surface area contributed by atoms with Crippen LogP contribution in [0.3, 0.4) is 0 Å². The highest BCUT2D eigenvalue weighted by Gasteiger charge is 2.70. The van der Waals surface area contributed by atoms with E-state index in [0.29, 0.717) is 31.3 Å². The maximum absolute atomic E-state index is 14.7. The van der Waals surface area contributed by atoms with Crippen LogP contribution in [-0.2, 0) is 28.7 Å². The number of rotatable bonds is 6. The van der Waals surface area contributed by atoms with E-state index in [1.54, 1.807) is 30.7 Å². The Labute approximate surface area is 299 Å². The van der Waals surface area contributed by atoms with Crippen molar-refractivity contribution < 1.29 is 33.8 Å². The van der Waals surface area contributed by atoms with E-state index in [1.165, 1.54) is 5.57 Å². The average molecular weight is 695 g/mol. The Morgan fingerprint density at radius 1 is 0.940 bits per heavy atom. The Balaban J connectivity index is 1.34. The minimum absolute atomic E-state index is 0.00990. The van der Waals surface area contributed by atoms with Gasteiger partial charge in [-0.1, -0.05) is 54.0 Å². The van der Waals surface area contributed by atoms with Crippen molar-refractivity contribution in [3.8, 4) is 0 Å². The van der Waals surface area contributed by atoms with Gasteiger partial charge in [0.2, 0.25) is 11.8 Å². The summed E-state index contributed by atoms with van der Waals surface area (Å²) in [4.78, 5) is 69.7. The first-order valence-corrected chi connectivity index (χ1v) is 19.3. The molecule has 9 nitrogen and oxygen atoms in total. The fourth-order valence-corrected chi connectivity index (χ4v) is 12.8. The maximum atomic E-state index is 14.7. The molecule has 0 aromatic carbocycles. The standard InChI is InChI=1S/C41H62N2O7/c1-24(2)32-26(44)21-41(34(47)43-20-19-42(10)30(45)23-43)18-17-39(8)25(33(32)41)11-12-28-38(7)15-14-29(50-31(46)22-36(3,4)35(48)49)37(5,6)27(38)13-16-40(28,39)9/h24,27-29,32H,11-23H2,1-10H3,(H,48,49)/t27-,28+,29-,32?,38-,39+,40+,41+/m0/s1. The van der Waals surface area contributed by atoms with Gasteiger partial charge in [-0.25, -0.2) is 0 Å². The van der Waals surface area contributed by atoms with Gasteiger partial charge in [-0.05, 0) is 105 Å². The largest absolute Gasteiger partial charge is 0.481 e. The molecule has 1 heterocycles. The number of likely N-dealkylation sites (N-methyl/N-ethyl adjacent to an activating group) is 1. The van der Waals surface area contributed by atoms with Crippen molar-refractivity contribution in [1.29, 1.82) is 0 Å². The van der Waals surface area contributed by atoms with E-state index in [4.69, 9.17) is 4.74 Å². The number of hydrogen-bond acceptors (Lipinski definition) is 6. The average Bonchev–Trinajstić information content (AvgIpc) is 3.32. The lowest BCUT2D eigenvalue weighted by Crippen LogP contribution is -2.64. The van der Waals surface area contributed by atoms with Crippen LogP contribution in [0.5, 0.6) is 0 Å². The molecule has 0 aromatic rings. The minimum atomic E-state index is -1.18. The van der Waals surface area contributed by atoms with Crippen LogP contribution in [0.25, 0.3) is 0 Å². The molecule has 8 atom stereocenters. The number of hydrogen-bond donors (Lipinski definition) is 1. The summed E-state index contributed by atoms with van der Waals surface area (Å²) in [6.07, 6.45) is 6.94. The second-order valence-electron chi connectivity index (χ2n) is 19.5. The van der Waals surface area contributed by atoms with Crippen molar-refractivity contribution in [2.24, 2.45) is 56.2 Å². The third-order valence-electron chi connectivity index (χ3n) is 15.9. The molecule has 1 aliphatic heterocycles. The smallest absolute Gasteiger partial charge is 0.309 e. The summed E-state index contributed by atoms with van der Waals surface area (Å²) in [6, 6.07) is 0. The Kier molecular flexibility index (Phi) is 8.83. The van der Waals surface area contributed by atoms with Crippen LogP contribution in [0.1, 0.15) is 127 Å². The first-order chi connectivity index (χ1) is 23.1. The zero-order valence-corrected chi connectivity index (χ0v) is 32.4. The van der Waals surface area contributed by atoms with Gasteiger partial charge in [-0.15, -0.1) is 0 Å². The number of Topliss-reactive ketones (excluding diaryl/α,β-unsaturated/α-hetero) is 1. The third kappa shape index (κ3) is 5.15. The molecule has 6 aliphatic rings. The first kappa shape index (κ1) is 37.1. The van der Waals surface area contributed by atoms with Gasteiger partial charge in [-0.3, -0.25) is 24.0 Å². The summed E-state index contributed by atoms with van der Waals surface area (Å²) >= 11 is 0. The van der Waals surface area contributed by atoms with Gasteiger partial charge >= 0.3 is 11.9 Å². The second kappa shape index (κ2) is 11.9. The quantitative estimate of drug-likeness (QED) is 0.243. The van der Waals surface area contributed by atoms with Gasteiger partial charge in [-0.2, -0.15) is 0 Å². The van der Waals surface area contributed by atoms with E-state index < -0.39 is 22.8 Å². The van der Waals surface area contributed by atoms with E-state index in [-0.39, 0.29) is 76.6 Å². The summed E-state index contributed by atoms with van der Waals surface area (Å²) < 4.78 is 6.14. The lowest BCUT2D eigenvalue weighted by atomic mass is 9.34. The number of amides is 2. The van der Waals surface area contributed by atoms with Gasteiger partial charge in [0.05, 0.1) is 23.8 Å². The topological polar surface area (TPSA) is 121 Å². The van der Waals surface area contributed by atoms with E-state index in [0.717, 1.165) is 50.5 Å². The predicted octanol–water partition coefficient (Wildman–Crippen LogP) is 6.68. The first-order valence-electron chi connectivity index (χ1n) is 19.3. The summed E-state index contributed by atoms with van der Waals surface area (Å²) in [5, 5.41) is 9.59. The summed E-state index contributed by atoms with van der Waals surface area (Å²) in [5.41, 5.74) is 0.0212. The van der Waals surface area contributed by atoms with Crippen molar-refractivity contribution in [1.82, 2.24) is 9.80 Å². The summed E-state index contributed by atoms with van der Waals surface area (Å²) in [5.74, 6) is -0.721. The molecule has 2 amide bonds. The number of carbonyl (C=O) groups is 5. The number of allylic oxidation sites excluding steroid dienone is 1. The van der Waals surface area contributed by atoms with Crippen LogP contribution in [0.2, 0.25) is 0 Å². The lowest BCUT2D eigenvalue weighted by Gasteiger charge is -2.70. The highest BCUT2D eigenvalue weighted by atomic mass is 16.5. The highest BCUT2D eigenvalue weighted by molar-refractivity contribution is 6.01. The monoisotopic (exact) mass is 694 g/mol. The maximum Gasteiger partial charge on any atom is 0.309 e. The molecule has 5 aliphatic carbocycles. The molecule has 278 valence electrons. The molecule has 1 unspecified atom stereocenters. The van der Waals surface area contributed by atoms with Gasteiger partial charge in [0.25, 0.3) is 0 Å². The molecule has 1 saturated heterocycles. The number of aliphatic carboxylic acids is 1. The number of fused-ring (bicyclic) bond motifs is 6. The minimum Gasteiger partial charge on any atom is -0.481 e. The number of nitrogens with zero attached hydrogens (tertiary/aromatic N) is 2. The van der Waals surface area contributed by atoms with Crippen molar-refractivity contribution in [2.75, 3.05) is 26.7 Å². The van der Waals surface area contributed by atoms with E-state index in [9.17, 15) is 29.1 Å². The van der Waals surface area contributed by atoms with E-state index in [2.05, 4.69) is 48.5 Å². The molecule has 0 radical (unpaired) electrons. The van der Waals surface area contributed by atoms with E-state index >= 15 is 0 Å². The molecule has 0 aromatic heterocycles. The Morgan fingerprint density at radius 3 is 2.24 bits per heavy atom. The van der Waals surface area contributed by atoms with Crippen LogP contribution >= 0.6 is 0 Å². The Bertz CT molecular complexity index is 1530. The van der Waals surface area contributed by atoms with Gasteiger partial charge in [0.1, 0.15) is 11.9 Å². The number of carboxylic acids is 1. The zero-order chi connectivity index (χ0) is 37.0. The summed E-state index contributed by atoms with van der Waals surface area (Å²) in [6.45, 7) is 20.4. The molecule has 50 heavy (non-hydrogen) atoms. The van der Waals surface area contributed by atoms with Crippen molar-refractivity contribution >= 4 is 29.5 Å². The number of carbonyl (C=O) groups excluding carboxylic acids is 4. The molecule has 0 bridgehead atoms. The normalized spacial score (nSPS) is 39.8. The zero-order valence-electron chi connectivity index (χ0n) is 32.4. The molecule has 5 fully saturated rings.